The number of hydrogen-bond donors (Lipinski definition) is 0. The summed E-state index contributed by atoms with van der Waals surface area (Å²) < 4.78 is 21.8. The van der Waals surface area contributed by atoms with E-state index in [1.165, 1.54) is 0 Å². The number of ether oxygens (including phenoxy) is 3. The van der Waals surface area contributed by atoms with Crippen LogP contribution in [-0.2, 0) is 22.6 Å². The van der Waals surface area contributed by atoms with E-state index in [4.69, 9.17) is 18.6 Å². The monoisotopic (exact) mass is 519 g/mol. The van der Waals surface area contributed by atoms with Crippen LogP contribution in [0, 0.1) is 0 Å². The van der Waals surface area contributed by atoms with E-state index in [0.29, 0.717) is 42.5 Å². The summed E-state index contributed by atoms with van der Waals surface area (Å²) in [6.07, 6.45) is 2.35. The first kappa shape index (κ1) is 25.8. The van der Waals surface area contributed by atoms with Gasteiger partial charge in [-0.05, 0) is 42.3 Å². The highest BCUT2D eigenvalue weighted by Crippen LogP contribution is 2.32. The number of fused-ring (bicyclic) bond motifs is 1. The molecule has 38 heavy (non-hydrogen) atoms. The topological polar surface area (TPSA) is 84.7 Å². The highest BCUT2D eigenvalue weighted by molar-refractivity contribution is 5.97. The van der Waals surface area contributed by atoms with Crippen molar-refractivity contribution in [3.63, 3.8) is 0 Å². The van der Waals surface area contributed by atoms with E-state index in [1.807, 2.05) is 42.5 Å². The van der Waals surface area contributed by atoms with Gasteiger partial charge in [0.15, 0.2) is 11.5 Å². The van der Waals surface area contributed by atoms with E-state index in [9.17, 15) is 9.59 Å². The molecule has 2 aromatic carbocycles. The fourth-order valence-corrected chi connectivity index (χ4v) is 4.66. The third-order valence-corrected chi connectivity index (χ3v) is 6.73. The molecule has 1 fully saturated rings. The second-order valence-electron chi connectivity index (χ2n) is 9.42. The fraction of sp³-hybridized carbons (Fsp3) is 0.379. The molecule has 0 N–H and O–H groups in total. The Bertz CT molecular complexity index is 1190. The van der Waals surface area contributed by atoms with Crippen molar-refractivity contribution in [3.8, 4) is 11.5 Å². The van der Waals surface area contributed by atoms with Crippen molar-refractivity contribution in [3.05, 3.63) is 83.8 Å². The molecule has 200 valence electrons. The third-order valence-electron chi connectivity index (χ3n) is 6.73. The summed E-state index contributed by atoms with van der Waals surface area (Å²) >= 11 is 0. The van der Waals surface area contributed by atoms with Crippen LogP contribution in [0.4, 0.5) is 0 Å². The van der Waals surface area contributed by atoms with Gasteiger partial charge in [0.25, 0.3) is 5.91 Å². The number of furan rings is 1. The molecule has 0 spiro atoms. The maximum atomic E-state index is 13.7. The molecule has 2 amide bonds. The lowest BCUT2D eigenvalue weighted by Gasteiger charge is -2.30. The van der Waals surface area contributed by atoms with Gasteiger partial charge in [0, 0.05) is 38.3 Å². The molecule has 0 radical (unpaired) electrons. The van der Waals surface area contributed by atoms with Crippen LogP contribution in [0.2, 0.25) is 0 Å². The number of morpholine rings is 1. The molecule has 2 aliphatic rings. The largest absolute Gasteiger partial charge is 0.467 e. The number of nitrogens with zero attached hydrogens (tertiary/aromatic N) is 3. The Morgan fingerprint density at radius 2 is 1.68 bits per heavy atom. The number of rotatable bonds is 11. The molecule has 3 aromatic rings. The zero-order valence-electron chi connectivity index (χ0n) is 21.4. The first-order valence-corrected chi connectivity index (χ1v) is 13.0. The van der Waals surface area contributed by atoms with Crippen molar-refractivity contribution in [2.24, 2.45) is 0 Å². The van der Waals surface area contributed by atoms with E-state index in [1.54, 1.807) is 34.3 Å². The van der Waals surface area contributed by atoms with Gasteiger partial charge >= 0.3 is 0 Å². The van der Waals surface area contributed by atoms with Gasteiger partial charge in [0.1, 0.15) is 12.3 Å². The van der Waals surface area contributed by atoms with E-state index in [-0.39, 0.29) is 25.2 Å². The summed E-state index contributed by atoms with van der Waals surface area (Å²) in [4.78, 5) is 33.1. The molecule has 1 saturated heterocycles. The number of amides is 2. The average molecular weight is 520 g/mol. The van der Waals surface area contributed by atoms with Crippen LogP contribution >= 0.6 is 0 Å². The molecule has 5 rings (SSSR count). The Labute approximate surface area is 222 Å². The molecule has 2 aliphatic heterocycles. The van der Waals surface area contributed by atoms with Crippen LogP contribution in [0.5, 0.6) is 11.5 Å². The van der Waals surface area contributed by atoms with Crippen LogP contribution in [0.15, 0.2) is 71.3 Å². The van der Waals surface area contributed by atoms with Crippen molar-refractivity contribution in [1.29, 1.82) is 0 Å². The number of hydrogen-bond acceptors (Lipinski definition) is 7. The van der Waals surface area contributed by atoms with Gasteiger partial charge < -0.3 is 28.4 Å². The molecule has 0 aliphatic carbocycles. The minimum Gasteiger partial charge on any atom is -0.467 e. The van der Waals surface area contributed by atoms with Gasteiger partial charge in [-0.15, -0.1) is 0 Å². The van der Waals surface area contributed by atoms with Crippen LogP contribution in [0.25, 0.3) is 0 Å². The first-order valence-electron chi connectivity index (χ1n) is 13.0. The third kappa shape index (κ3) is 6.73. The summed E-state index contributed by atoms with van der Waals surface area (Å²) in [5.41, 5.74) is 1.47. The lowest BCUT2D eigenvalue weighted by atomic mass is 10.1. The molecule has 1 aromatic heterocycles. The quantitative estimate of drug-likeness (QED) is 0.384. The number of carbonyl (C=O) groups is 2. The van der Waals surface area contributed by atoms with Crippen LogP contribution in [-0.4, -0.2) is 79.2 Å². The second kappa shape index (κ2) is 12.6. The van der Waals surface area contributed by atoms with E-state index < -0.39 is 0 Å². The van der Waals surface area contributed by atoms with Gasteiger partial charge in [-0.3, -0.25) is 14.5 Å². The number of benzene rings is 2. The molecule has 0 saturated carbocycles. The van der Waals surface area contributed by atoms with Crippen LogP contribution in [0.3, 0.4) is 0 Å². The zero-order valence-corrected chi connectivity index (χ0v) is 21.4. The summed E-state index contributed by atoms with van der Waals surface area (Å²) in [6.45, 7) is 5.32. The molecule has 0 bridgehead atoms. The molecular weight excluding hydrogens is 486 g/mol. The van der Waals surface area contributed by atoms with Crippen LogP contribution in [0.1, 0.15) is 28.1 Å². The predicted molar refractivity (Wildman–Crippen MR) is 140 cm³/mol. The highest BCUT2D eigenvalue weighted by atomic mass is 16.7. The molecule has 3 heterocycles. The summed E-state index contributed by atoms with van der Waals surface area (Å²) in [5, 5.41) is 0. The standard InChI is InChI=1S/C29H33N3O6/c33-28(32(20-25-8-4-15-36-25)19-23-6-2-1-3-7-23)21-31(12-5-11-30-13-16-35-17-14-30)29(34)24-9-10-26-27(18-24)38-22-37-26/h1-4,6-10,15,18H,5,11-14,16-17,19-22H2. The highest BCUT2D eigenvalue weighted by Gasteiger charge is 2.25. The maximum Gasteiger partial charge on any atom is 0.254 e. The van der Waals surface area contributed by atoms with Crippen molar-refractivity contribution in [1.82, 2.24) is 14.7 Å². The smallest absolute Gasteiger partial charge is 0.254 e. The second-order valence-corrected chi connectivity index (χ2v) is 9.42. The first-order chi connectivity index (χ1) is 18.7. The Kier molecular flexibility index (Phi) is 8.57. The van der Waals surface area contributed by atoms with Gasteiger partial charge in [-0.25, -0.2) is 0 Å². The van der Waals surface area contributed by atoms with Gasteiger partial charge in [0.2, 0.25) is 12.7 Å². The average Bonchev–Trinajstić information content (AvgIpc) is 3.64. The molecular formula is C29H33N3O6. The van der Waals surface area contributed by atoms with Crippen molar-refractivity contribution < 1.29 is 28.2 Å². The summed E-state index contributed by atoms with van der Waals surface area (Å²) in [5.74, 6) is 1.49. The molecule has 0 atom stereocenters. The Morgan fingerprint density at radius 3 is 2.47 bits per heavy atom. The molecule has 9 nitrogen and oxygen atoms in total. The SMILES string of the molecule is O=C(CN(CCCN1CCOCC1)C(=O)c1ccc2c(c1)OCO2)N(Cc1ccccc1)Cc1ccco1. The van der Waals surface area contributed by atoms with Crippen LogP contribution < -0.4 is 9.47 Å². The summed E-state index contributed by atoms with van der Waals surface area (Å²) in [7, 11) is 0. The minimum atomic E-state index is -0.212. The zero-order chi connectivity index (χ0) is 26.2. The molecule has 0 unspecified atom stereocenters. The normalized spacial score (nSPS) is 14.8. The minimum absolute atomic E-state index is 0.0378. The summed E-state index contributed by atoms with van der Waals surface area (Å²) in [6, 6.07) is 18.6. The lowest BCUT2D eigenvalue weighted by molar-refractivity contribution is -0.133. The fourth-order valence-electron chi connectivity index (χ4n) is 4.66. The lowest BCUT2D eigenvalue weighted by Crippen LogP contribution is -2.44. The van der Waals surface area contributed by atoms with E-state index >= 15 is 0 Å². The number of carbonyl (C=O) groups excluding carboxylic acids is 2. The Morgan fingerprint density at radius 1 is 0.868 bits per heavy atom. The maximum absolute atomic E-state index is 13.7. The van der Waals surface area contributed by atoms with E-state index in [0.717, 1.165) is 44.8 Å². The molecule has 9 heteroatoms. The van der Waals surface area contributed by atoms with Crippen molar-refractivity contribution >= 4 is 11.8 Å². The van der Waals surface area contributed by atoms with Gasteiger partial charge in [-0.1, -0.05) is 30.3 Å². The predicted octanol–water partition coefficient (Wildman–Crippen LogP) is 3.40. The van der Waals surface area contributed by atoms with E-state index in [2.05, 4.69) is 4.90 Å². The van der Waals surface area contributed by atoms with Gasteiger partial charge in [0.05, 0.1) is 26.0 Å². The van der Waals surface area contributed by atoms with Gasteiger partial charge in [-0.2, -0.15) is 0 Å². The Balaban J connectivity index is 1.32. The van der Waals surface area contributed by atoms with Crippen molar-refractivity contribution in [2.45, 2.75) is 19.5 Å². The Hall–Kier alpha value is -3.82. The van der Waals surface area contributed by atoms with Crippen molar-refractivity contribution in [2.75, 3.05) is 52.7 Å².